The van der Waals surface area contributed by atoms with Gasteiger partial charge in [-0.15, -0.1) is 0 Å². The number of amides is 1. The molecular weight excluding hydrogens is 408 g/mol. The second-order valence-corrected chi connectivity index (χ2v) is 8.17. The van der Waals surface area contributed by atoms with Crippen LogP contribution in [0.15, 0.2) is 53.0 Å². The molecular formula is C17H19BrN2O4S. The molecule has 0 aliphatic rings. The molecule has 2 rings (SSSR count). The zero-order valence-electron chi connectivity index (χ0n) is 13.8. The summed E-state index contributed by atoms with van der Waals surface area (Å²) in [5, 5.41) is 2.76. The lowest BCUT2D eigenvalue weighted by molar-refractivity contribution is -0.116. The molecule has 2 aromatic carbocycles. The number of anilines is 1. The third kappa shape index (κ3) is 6.49. The Labute approximate surface area is 155 Å². The zero-order valence-corrected chi connectivity index (χ0v) is 16.2. The maximum Gasteiger partial charge on any atom is 0.226 e. The number of ether oxygens (including phenoxy) is 1. The van der Waals surface area contributed by atoms with Gasteiger partial charge in [0.25, 0.3) is 0 Å². The van der Waals surface area contributed by atoms with Crippen molar-refractivity contribution in [2.75, 3.05) is 18.7 Å². The average Bonchev–Trinajstić information content (AvgIpc) is 2.53. The van der Waals surface area contributed by atoms with E-state index in [1.807, 2.05) is 6.07 Å². The van der Waals surface area contributed by atoms with E-state index in [1.165, 1.54) is 0 Å². The van der Waals surface area contributed by atoms with Gasteiger partial charge in [0.15, 0.2) is 0 Å². The summed E-state index contributed by atoms with van der Waals surface area (Å²) in [5.41, 5.74) is 1.31. The van der Waals surface area contributed by atoms with Crippen LogP contribution in [0.4, 0.5) is 5.69 Å². The minimum absolute atomic E-state index is 0.0358. The van der Waals surface area contributed by atoms with Crippen molar-refractivity contribution < 1.29 is 17.9 Å². The van der Waals surface area contributed by atoms with Crippen molar-refractivity contribution in [3.05, 3.63) is 58.6 Å². The van der Waals surface area contributed by atoms with Crippen molar-refractivity contribution in [2.45, 2.75) is 12.5 Å². The lowest BCUT2D eigenvalue weighted by atomic mass is 10.0. The van der Waals surface area contributed by atoms with Crippen molar-refractivity contribution in [3.63, 3.8) is 0 Å². The number of methoxy groups -OCH3 is 1. The van der Waals surface area contributed by atoms with E-state index in [0.29, 0.717) is 17.0 Å². The standard InChI is InChI=1S/C17H19BrN2O4S/c1-24-15-8-6-12(7-9-15)16(20-25(2,22)23)11-17(21)19-14-5-3-4-13(18)10-14/h3-10,16,20H,11H2,1-2H3,(H,19,21). The average molecular weight is 427 g/mol. The Balaban J connectivity index is 2.15. The Bertz CT molecular complexity index is 838. The highest BCUT2D eigenvalue weighted by atomic mass is 79.9. The van der Waals surface area contributed by atoms with Gasteiger partial charge in [-0.3, -0.25) is 4.79 Å². The van der Waals surface area contributed by atoms with Crippen molar-refractivity contribution in [1.82, 2.24) is 4.72 Å². The molecule has 1 atom stereocenters. The van der Waals surface area contributed by atoms with Gasteiger partial charge in [0, 0.05) is 16.6 Å². The number of carbonyl (C=O) groups excluding carboxylic acids is 1. The molecule has 0 heterocycles. The summed E-state index contributed by atoms with van der Waals surface area (Å²) < 4.78 is 31.7. The van der Waals surface area contributed by atoms with Crippen LogP contribution in [0.5, 0.6) is 5.75 Å². The molecule has 8 heteroatoms. The summed E-state index contributed by atoms with van der Waals surface area (Å²) in [5.74, 6) is 0.357. The van der Waals surface area contributed by atoms with Crippen LogP contribution in [-0.2, 0) is 14.8 Å². The maximum atomic E-state index is 12.3. The summed E-state index contributed by atoms with van der Waals surface area (Å²) in [4.78, 5) is 12.3. The van der Waals surface area contributed by atoms with E-state index in [4.69, 9.17) is 4.74 Å². The van der Waals surface area contributed by atoms with Crippen LogP contribution in [0.25, 0.3) is 0 Å². The first kappa shape index (κ1) is 19.4. The highest BCUT2D eigenvalue weighted by molar-refractivity contribution is 9.10. The van der Waals surface area contributed by atoms with E-state index in [-0.39, 0.29) is 12.3 Å². The van der Waals surface area contributed by atoms with Crippen LogP contribution in [0.2, 0.25) is 0 Å². The number of carbonyl (C=O) groups is 1. The highest BCUT2D eigenvalue weighted by Gasteiger charge is 2.20. The van der Waals surface area contributed by atoms with E-state index < -0.39 is 16.1 Å². The molecule has 0 aliphatic carbocycles. The summed E-state index contributed by atoms with van der Waals surface area (Å²) in [6.07, 6.45) is 1.03. The third-order valence-electron chi connectivity index (χ3n) is 3.37. The Morgan fingerprint density at radius 3 is 2.44 bits per heavy atom. The lowest BCUT2D eigenvalue weighted by Crippen LogP contribution is -2.30. The quantitative estimate of drug-likeness (QED) is 0.712. The monoisotopic (exact) mass is 426 g/mol. The zero-order chi connectivity index (χ0) is 18.4. The number of sulfonamides is 1. The van der Waals surface area contributed by atoms with Crippen molar-refractivity contribution in [2.24, 2.45) is 0 Å². The number of rotatable bonds is 7. The molecule has 0 saturated heterocycles. The van der Waals surface area contributed by atoms with Crippen molar-refractivity contribution >= 4 is 37.5 Å². The van der Waals surface area contributed by atoms with Gasteiger partial charge in [0.2, 0.25) is 15.9 Å². The first-order chi connectivity index (χ1) is 11.8. The van der Waals surface area contributed by atoms with Gasteiger partial charge >= 0.3 is 0 Å². The molecule has 2 aromatic rings. The largest absolute Gasteiger partial charge is 0.497 e. The van der Waals surface area contributed by atoms with Crippen LogP contribution >= 0.6 is 15.9 Å². The molecule has 6 nitrogen and oxygen atoms in total. The smallest absolute Gasteiger partial charge is 0.226 e. The molecule has 0 fully saturated rings. The van der Waals surface area contributed by atoms with Gasteiger partial charge < -0.3 is 10.1 Å². The second kappa shape index (κ2) is 8.46. The normalized spacial score (nSPS) is 12.4. The minimum Gasteiger partial charge on any atom is -0.497 e. The molecule has 134 valence electrons. The topological polar surface area (TPSA) is 84.5 Å². The fraction of sp³-hybridized carbons (Fsp3) is 0.235. The third-order valence-corrected chi connectivity index (χ3v) is 4.58. The van der Waals surface area contributed by atoms with Crippen molar-refractivity contribution in [3.8, 4) is 5.75 Å². The number of hydrogen-bond donors (Lipinski definition) is 2. The van der Waals surface area contributed by atoms with E-state index in [9.17, 15) is 13.2 Å². The Morgan fingerprint density at radius 2 is 1.88 bits per heavy atom. The predicted octanol–water partition coefficient (Wildman–Crippen LogP) is 3.08. The summed E-state index contributed by atoms with van der Waals surface area (Å²) in [6.45, 7) is 0. The molecule has 0 bridgehead atoms. The second-order valence-electron chi connectivity index (χ2n) is 5.48. The molecule has 25 heavy (non-hydrogen) atoms. The molecule has 0 saturated carbocycles. The summed E-state index contributed by atoms with van der Waals surface area (Å²) >= 11 is 3.34. The Hall–Kier alpha value is -1.90. The van der Waals surface area contributed by atoms with Gasteiger partial charge in [-0.25, -0.2) is 13.1 Å². The fourth-order valence-electron chi connectivity index (χ4n) is 2.29. The first-order valence-corrected chi connectivity index (χ1v) is 10.1. The van der Waals surface area contributed by atoms with Crippen LogP contribution in [-0.4, -0.2) is 27.7 Å². The SMILES string of the molecule is COc1ccc(C(CC(=O)Nc2cccc(Br)c2)NS(C)(=O)=O)cc1. The number of halogens is 1. The van der Waals surface area contributed by atoms with Crippen LogP contribution in [0.1, 0.15) is 18.0 Å². The number of hydrogen-bond acceptors (Lipinski definition) is 4. The number of benzene rings is 2. The summed E-state index contributed by atoms with van der Waals surface area (Å²) in [6, 6.07) is 13.4. The molecule has 0 radical (unpaired) electrons. The molecule has 0 aliphatic heterocycles. The van der Waals surface area contributed by atoms with Gasteiger partial charge in [-0.05, 0) is 35.9 Å². The van der Waals surface area contributed by atoms with Gasteiger partial charge in [0.1, 0.15) is 5.75 Å². The summed E-state index contributed by atoms with van der Waals surface area (Å²) in [7, 11) is -1.93. The van der Waals surface area contributed by atoms with E-state index >= 15 is 0 Å². The number of nitrogens with one attached hydrogen (secondary N) is 2. The minimum atomic E-state index is -3.48. The lowest BCUT2D eigenvalue weighted by Gasteiger charge is -2.18. The maximum absolute atomic E-state index is 12.3. The molecule has 0 spiro atoms. The molecule has 1 amide bonds. The van der Waals surface area contributed by atoms with Crippen LogP contribution in [0.3, 0.4) is 0 Å². The predicted molar refractivity (Wildman–Crippen MR) is 101 cm³/mol. The van der Waals surface area contributed by atoms with Gasteiger partial charge in [-0.2, -0.15) is 0 Å². The van der Waals surface area contributed by atoms with Gasteiger partial charge in [0.05, 0.1) is 19.4 Å². The first-order valence-electron chi connectivity index (χ1n) is 7.43. The van der Waals surface area contributed by atoms with Crippen LogP contribution < -0.4 is 14.8 Å². The highest BCUT2D eigenvalue weighted by Crippen LogP contribution is 2.22. The van der Waals surface area contributed by atoms with E-state index in [1.54, 1.807) is 49.6 Å². The molecule has 0 aromatic heterocycles. The fourth-order valence-corrected chi connectivity index (χ4v) is 3.42. The molecule has 2 N–H and O–H groups in total. The van der Waals surface area contributed by atoms with Crippen molar-refractivity contribution in [1.29, 1.82) is 0 Å². The van der Waals surface area contributed by atoms with Gasteiger partial charge in [-0.1, -0.05) is 34.1 Å². The Morgan fingerprint density at radius 1 is 1.20 bits per heavy atom. The Kier molecular flexibility index (Phi) is 6.57. The van der Waals surface area contributed by atoms with E-state index in [0.717, 1.165) is 10.7 Å². The van der Waals surface area contributed by atoms with E-state index in [2.05, 4.69) is 26.0 Å². The molecule has 1 unspecified atom stereocenters. The van der Waals surface area contributed by atoms with Crippen LogP contribution in [0, 0.1) is 0 Å².